The summed E-state index contributed by atoms with van der Waals surface area (Å²) in [7, 11) is 0. The van der Waals surface area contributed by atoms with Crippen molar-refractivity contribution in [1.29, 1.82) is 0 Å². The fraction of sp³-hybridized carbons (Fsp3) is 0.125. The molecule has 0 aliphatic carbocycles. The van der Waals surface area contributed by atoms with Crippen LogP contribution < -0.4 is 20.3 Å². The predicted octanol–water partition coefficient (Wildman–Crippen LogP) is 2.08. The number of amides is 2. The van der Waals surface area contributed by atoms with Crippen molar-refractivity contribution in [1.82, 2.24) is 10.9 Å². The van der Waals surface area contributed by atoms with Crippen LogP contribution in [0.15, 0.2) is 42.5 Å². The lowest BCUT2D eigenvalue weighted by Gasteiger charge is -2.25. The molecule has 124 valence electrons. The van der Waals surface area contributed by atoms with Gasteiger partial charge < -0.3 is 9.47 Å². The van der Waals surface area contributed by atoms with Crippen LogP contribution in [0.25, 0.3) is 0 Å². The van der Waals surface area contributed by atoms with Gasteiger partial charge in [-0.25, -0.2) is 4.39 Å². The van der Waals surface area contributed by atoms with Crippen LogP contribution >= 0.6 is 11.6 Å². The Morgan fingerprint density at radius 3 is 2.58 bits per heavy atom. The van der Waals surface area contributed by atoms with Crippen molar-refractivity contribution in [3.8, 4) is 11.5 Å². The standard InChI is InChI=1S/C16H12ClFN2O4/c17-9-4-3-5-10(18)14(9)16(22)20-19-15(21)13-8-23-11-6-1-2-7-12(11)24-13/h1-7,13H,8H2,(H,19,21)(H,20,22). The molecule has 2 aromatic rings. The number of nitrogens with one attached hydrogen (secondary N) is 2. The van der Waals surface area contributed by atoms with Gasteiger partial charge in [0.05, 0.1) is 10.6 Å². The molecular formula is C16H12ClFN2O4. The summed E-state index contributed by atoms with van der Waals surface area (Å²) < 4.78 is 24.5. The van der Waals surface area contributed by atoms with Crippen LogP contribution in [0.2, 0.25) is 5.02 Å². The Hall–Kier alpha value is -2.80. The number of hydrazine groups is 1. The van der Waals surface area contributed by atoms with E-state index in [0.29, 0.717) is 11.5 Å². The summed E-state index contributed by atoms with van der Waals surface area (Å²) in [5, 5.41) is -0.0621. The number of carbonyl (C=O) groups excluding carboxylic acids is 2. The summed E-state index contributed by atoms with van der Waals surface area (Å²) in [6, 6.07) is 10.7. The second-order valence-electron chi connectivity index (χ2n) is 4.90. The Balaban J connectivity index is 1.61. The smallest absolute Gasteiger partial charge is 0.283 e. The molecular weight excluding hydrogens is 339 g/mol. The highest BCUT2D eigenvalue weighted by Gasteiger charge is 2.28. The van der Waals surface area contributed by atoms with Crippen molar-refractivity contribution in [3.63, 3.8) is 0 Å². The SMILES string of the molecule is O=C(NNC(=O)C1COc2ccccc2O1)c1c(F)cccc1Cl. The molecule has 1 aliphatic rings. The summed E-state index contributed by atoms with van der Waals surface area (Å²) in [4.78, 5) is 24.0. The quantitative estimate of drug-likeness (QED) is 0.813. The number of halogens is 2. The highest BCUT2D eigenvalue weighted by Crippen LogP contribution is 2.30. The van der Waals surface area contributed by atoms with Gasteiger partial charge in [0.25, 0.3) is 11.8 Å². The summed E-state index contributed by atoms with van der Waals surface area (Å²) in [5.74, 6) is -1.34. The predicted molar refractivity (Wildman–Crippen MR) is 83.4 cm³/mol. The maximum Gasteiger partial charge on any atom is 0.283 e. The van der Waals surface area contributed by atoms with Crippen LogP contribution in [0.1, 0.15) is 10.4 Å². The Morgan fingerprint density at radius 1 is 1.08 bits per heavy atom. The van der Waals surface area contributed by atoms with Gasteiger partial charge in [-0.05, 0) is 24.3 Å². The van der Waals surface area contributed by atoms with Gasteiger partial charge in [0.1, 0.15) is 12.4 Å². The minimum atomic E-state index is -0.948. The molecule has 2 amide bonds. The van der Waals surface area contributed by atoms with Gasteiger partial charge in [-0.3, -0.25) is 20.4 Å². The van der Waals surface area contributed by atoms with Crippen LogP contribution in [-0.4, -0.2) is 24.5 Å². The normalized spacial score (nSPS) is 15.5. The molecule has 2 aromatic carbocycles. The molecule has 6 nitrogen and oxygen atoms in total. The zero-order chi connectivity index (χ0) is 17.1. The van der Waals surface area contributed by atoms with E-state index in [0.717, 1.165) is 6.07 Å². The van der Waals surface area contributed by atoms with Gasteiger partial charge in [-0.2, -0.15) is 0 Å². The molecule has 0 bridgehead atoms. The van der Waals surface area contributed by atoms with E-state index in [1.165, 1.54) is 12.1 Å². The summed E-state index contributed by atoms with van der Waals surface area (Å²) in [5.41, 5.74) is 3.91. The number of benzene rings is 2. The van der Waals surface area contributed by atoms with Gasteiger partial charge in [0.2, 0.25) is 6.10 Å². The van der Waals surface area contributed by atoms with Crippen molar-refractivity contribution in [2.24, 2.45) is 0 Å². The van der Waals surface area contributed by atoms with E-state index in [9.17, 15) is 14.0 Å². The first-order valence-electron chi connectivity index (χ1n) is 6.99. The Kier molecular flexibility index (Phi) is 4.52. The van der Waals surface area contributed by atoms with Gasteiger partial charge in [0, 0.05) is 0 Å². The first kappa shape index (κ1) is 16.1. The molecule has 0 saturated heterocycles. The number of rotatable bonds is 2. The van der Waals surface area contributed by atoms with Crippen LogP contribution in [0.4, 0.5) is 4.39 Å². The molecule has 1 heterocycles. The molecule has 2 N–H and O–H groups in total. The number of fused-ring (bicyclic) bond motifs is 1. The second-order valence-corrected chi connectivity index (χ2v) is 5.31. The molecule has 1 unspecified atom stereocenters. The Morgan fingerprint density at radius 2 is 1.83 bits per heavy atom. The lowest BCUT2D eigenvalue weighted by Crippen LogP contribution is -2.51. The van der Waals surface area contributed by atoms with E-state index in [1.54, 1.807) is 24.3 Å². The van der Waals surface area contributed by atoms with Crippen LogP contribution in [-0.2, 0) is 4.79 Å². The lowest BCUT2D eigenvalue weighted by atomic mass is 10.2. The highest BCUT2D eigenvalue weighted by molar-refractivity contribution is 6.33. The maximum atomic E-state index is 13.6. The van der Waals surface area contributed by atoms with E-state index in [1.807, 2.05) is 0 Å². The van der Waals surface area contributed by atoms with Gasteiger partial charge in [0.15, 0.2) is 11.5 Å². The molecule has 0 fully saturated rings. The van der Waals surface area contributed by atoms with Gasteiger partial charge in [-0.15, -0.1) is 0 Å². The van der Waals surface area contributed by atoms with Crippen molar-refractivity contribution in [3.05, 3.63) is 58.9 Å². The largest absolute Gasteiger partial charge is 0.485 e. The van der Waals surface area contributed by atoms with Crippen molar-refractivity contribution >= 4 is 23.4 Å². The van der Waals surface area contributed by atoms with Crippen LogP contribution in [0, 0.1) is 5.82 Å². The molecule has 1 atom stereocenters. The van der Waals surface area contributed by atoms with E-state index in [2.05, 4.69) is 10.9 Å². The first-order chi connectivity index (χ1) is 11.6. The van der Waals surface area contributed by atoms with E-state index in [4.69, 9.17) is 21.1 Å². The monoisotopic (exact) mass is 350 g/mol. The zero-order valence-electron chi connectivity index (χ0n) is 12.2. The number of para-hydroxylation sites is 2. The van der Waals surface area contributed by atoms with Gasteiger partial charge >= 0.3 is 0 Å². The molecule has 0 saturated carbocycles. The topological polar surface area (TPSA) is 76.7 Å². The molecule has 0 aromatic heterocycles. The third-order valence-corrected chi connectivity index (χ3v) is 3.61. The van der Waals surface area contributed by atoms with Crippen LogP contribution in [0.5, 0.6) is 11.5 Å². The minimum absolute atomic E-state index is 0.0147. The zero-order valence-corrected chi connectivity index (χ0v) is 13.0. The van der Waals surface area contributed by atoms with E-state index >= 15 is 0 Å². The fourth-order valence-electron chi connectivity index (χ4n) is 2.12. The average molecular weight is 351 g/mol. The number of ether oxygens (including phenoxy) is 2. The first-order valence-corrected chi connectivity index (χ1v) is 7.37. The Bertz CT molecular complexity index is 779. The lowest BCUT2D eigenvalue weighted by molar-refractivity contribution is -0.131. The van der Waals surface area contributed by atoms with E-state index in [-0.39, 0.29) is 17.2 Å². The van der Waals surface area contributed by atoms with Crippen LogP contribution in [0.3, 0.4) is 0 Å². The number of hydrogen-bond acceptors (Lipinski definition) is 4. The third-order valence-electron chi connectivity index (χ3n) is 3.29. The molecule has 0 radical (unpaired) electrons. The molecule has 1 aliphatic heterocycles. The molecule has 8 heteroatoms. The Labute approximate surface area is 141 Å². The summed E-state index contributed by atoms with van der Waals surface area (Å²) in [6.07, 6.45) is -0.948. The van der Waals surface area contributed by atoms with E-state index < -0.39 is 23.7 Å². The highest BCUT2D eigenvalue weighted by atomic mass is 35.5. The minimum Gasteiger partial charge on any atom is -0.485 e. The second kappa shape index (κ2) is 6.76. The van der Waals surface area contributed by atoms with Gasteiger partial charge in [-0.1, -0.05) is 29.8 Å². The fourth-order valence-corrected chi connectivity index (χ4v) is 2.37. The number of hydrogen-bond donors (Lipinski definition) is 2. The molecule has 0 spiro atoms. The average Bonchev–Trinajstić information content (AvgIpc) is 2.59. The van der Waals surface area contributed by atoms with Crippen molar-refractivity contribution < 1.29 is 23.5 Å². The van der Waals surface area contributed by atoms with Crippen molar-refractivity contribution in [2.75, 3.05) is 6.61 Å². The third kappa shape index (κ3) is 3.26. The maximum absolute atomic E-state index is 13.6. The summed E-state index contributed by atoms with van der Waals surface area (Å²) >= 11 is 5.79. The molecule has 3 rings (SSSR count). The number of carbonyl (C=O) groups is 2. The van der Waals surface area contributed by atoms with Crippen molar-refractivity contribution in [2.45, 2.75) is 6.10 Å². The molecule has 24 heavy (non-hydrogen) atoms. The summed E-state index contributed by atoms with van der Waals surface area (Å²) in [6.45, 7) is -0.0147.